The second-order valence-electron chi connectivity index (χ2n) is 4.56. The largest absolute Gasteiger partial charge is 0.293 e. The SMILES string of the molecule is O=C1c2ccccc2C(=O)C1c1ccc([N+](=O)[O-])cc1. The number of non-ortho nitro benzene ring substituents is 1. The van der Waals surface area contributed by atoms with E-state index in [0.717, 1.165) is 0 Å². The molecule has 5 nitrogen and oxygen atoms in total. The maximum Gasteiger partial charge on any atom is 0.269 e. The van der Waals surface area contributed by atoms with Crippen LogP contribution in [-0.2, 0) is 0 Å². The molecule has 0 amide bonds. The van der Waals surface area contributed by atoms with Crippen molar-refractivity contribution in [3.8, 4) is 0 Å². The summed E-state index contributed by atoms with van der Waals surface area (Å²) in [6.45, 7) is 0. The molecule has 2 aromatic carbocycles. The van der Waals surface area contributed by atoms with Gasteiger partial charge in [-0.25, -0.2) is 0 Å². The molecule has 20 heavy (non-hydrogen) atoms. The molecule has 0 bridgehead atoms. The van der Waals surface area contributed by atoms with Gasteiger partial charge in [0.25, 0.3) is 5.69 Å². The summed E-state index contributed by atoms with van der Waals surface area (Å²) >= 11 is 0. The first-order chi connectivity index (χ1) is 9.59. The highest BCUT2D eigenvalue weighted by Crippen LogP contribution is 2.34. The second kappa shape index (κ2) is 4.38. The molecule has 0 saturated carbocycles. The van der Waals surface area contributed by atoms with Crippen LogP contribution in [0.2, 0.25) is 0 Å². The van der Waals surface area contributed by atoms with Gasteiger partial charge in [0, 0.05) is 23.3 Å². The lowest BCUT2D eigenvalue weighted by atomic mass is 9.94. The Balaban J connectivity index is 2.02. The van der Waals surface area contributed by atoms with Crippen molar-refractivity contribution in [1.82, 2.24) is 0 Å². The molecular weight excluding hydrogens is 258 g/mol. The van der Waals surface area contributed by atoms with Crippen LogP contribution in [0.15, 0.2) is 48.5 Å². The van der Waals surface area contributed by atoms with Crippen LogP contribution in [0.1, 0.15) is 32.2 Å². The summed E-state index contributed by atoms with van der Waals surface area (Å²) in [6.07, 6.45) is 0. The van der Waals surface area contributed by atoms with E-state index in [-0.39, 0.29) is 17.3 Å². The fourth-order valence-electron chi connectivity index (χ4n) is 2.43. The molecule has 98 valence electrons. The van der Waals surface area contributed by atoms with Gasteiger partial charge < -0.3 is 0 Å². The number of rotatable bonds is 2. The highest BCUT2D eigenvalue weighted by molar-refractivity contribution is 6.29. The fraction of sp³-hybridized carbons (Fsp3) is 0.0667. The van der Waals surface area contributed by atoms with Crippen LogP contribution in [0.4, 0.5) is 5.69 Å². The number of nitro benzene ring substituents is 1. The highest BCUT2D eigenvalue weighted by atomic mass is 16.6. The number of hydrogen-bond donors (Lipinski definition) is 0. The van der Waals surface area contributed by atoms with Crippen LogP contribution in [0, 0.1) is 10.1 Å². The average Bonchev–Trinajstić information content (AvgIpc) is 2.72. The third-order valence-corrected chi connectivity index (χ3v) is 3.42. The van der Waals surface area contributed by atoms with Crippen molar-refractivity contribution in [3.05, 3.63) is 75.3 Å². The van der Waals surface area contributed by atoms with Gasteiger partial charge in [-0.3, -0.25) is 19.7 Å². The van der Waals surface area contributed by atoms with Crippen molar-refractivity contribution in [3.63, 3.8) is 0 Å². The van der Waals surface area contributed by atoms with E-state index in [1.807, 2.05) is 0 Å². The molecule has 0 aliphatic heterocycles. The molecule has 1 aliphatic carbocycles. The Morgan fingerprint density at radius 3 is 1.80 bits per heavy atom. The van der Waals surface area contributed by atoms with E-state index in [4.69, 9.17) is 0 Å². The Kier molecular flexibility index (Phi) is 2.68. The van der Waals surface area contributed by atoms with Gasteiger partial charge in [0.1, 0.15) is 5.92 Å². The number of Topliss-reactive ketones (excluding diaryl/α,β-unsaturated/α-hetero) is 2. The molecule has 1 aliphatic rings. The molecule has 0 N–H and O–H groups in total. The van der Waals surface area contributed by atoms with Crippen LogP contribution in [-0.4, -0.2) is 16.5 Å². The molecule has 0 spiro atoms. The van der Waals surface area contributed by atoms with Crippen molar-refractivity contribution in [2.24, 2.45) is 0 Å². The average molecular weight is 267 g/mol. The van der Waals surface area contributed by atoms with Crippen molar-refractivity contribution in [2.45, 2.75) is 5.92 Å². The molecule has 0 unspecified atom stereocenters. The zero-order chi connectivity index (χ0) is 14.3. The predicted molar refractivity (Wildman–Crippen MR) is 70.9 cm³/mol. The molecule has 0 heterocycles. The predicted octanol–water partition coefficient (Wildman–Crippen LogP) is 2.76. The van der Waals surface area contributed by atoms with Gasteiger partial charge in [-0.1, -0.05) is 36.4 Å². The van der Waals surface area contributed by atoms with Crippen LogP contribution >= 0.6 is 0 Å². The third-order valence-electron chi connectivity index (χ3n) is 3.42. The van der Waals surface area contributed by atoms with Crippen molar-refractivity contribution < 1.29 is 14.5 Å². The van der Waals surface area contributed by atoms with Crippen LogP contribution in [0.3, 0.4) is 0 Å². The van der Waals surface area contributed by atoms with Crippen molar-refractivity contribution >= 4 is 17.3 Å². The maximum atomic E-state index is 12.3. The van der Waals surface area contributed by atoms with E-state index in [1.165, 1.54) is 24.3 Å². The van der Waals surface area contributed by atoms with Gasteiger partial charge >= 0.3 is 0 Å². The second-order valence-corrected chi connectivity index (χ2v) is 4.56. The fourth-order valence-corrected chi connectivity index (χ4v) is 2.43. The Labute approximate surface area is 114 Å². The summed E-state index contributed by atoms with van der Waals surface area (Å²) in [7, 11) is 0. The smallest absolute Gasteiger partial charge is 0.269 e. The standard InChI is InChI=1S/C15H9NO4/c17-14-11-3-1-2-4-12(11)15(18)13(14)9-5-7-10(8-6-9)16(19)20/h1-8,13H. The summed E-state index contributed by atoms with van der Waals surface area (Å²) in [4.78, 5) is 34.6. The Morgan fingerprint density at radius 2 is 1.35 bits per heavy atom. The molecule has 0 radical (unpaired) electrons. The maximum absolute atomic E-state index is 12.3. The number of hydrogen-bond acceptors (Lipinski definition) is 4. The monoisotopic (exact) mass is 267 g/mol. The van der Waals surface area contributed by atoms with Crippen LogP contribution in [0.5, 0.6) is 0 Å². The van der Waals surface area contributed by atoms with Crippen molar-refractivity contribution in [2.75, 3.05) is 0 Å². The number of carbonyl (C=O) groups is 2. The number of ketones is 2. The molecular formula is C15H9NO4. The lowest BCUT2D eigenvalue weighted by Gasteiger charge is -2.06. The minimum Gasteiger partial charge on any atom is -0.293 e. The van der Waals surface area contributed by atoms with Gasteiger partial charge in [0.15, 0.2) is 11.6 Å². The molecule has 0 fully saturated rings. The summed E-state index contributed by atoms with van der Waals surface area (Å²) in [5.41, 5.74) is 1.26. The lowest BCUT2D eigenvalue weighted by Crippen LogP contribution is -2.12. The minimum absolute atomic E-state index is 0.0656. The zero-order valence-electron chi connectivity index (χ0n) is 10.3. The van der Waals surface area contributed by atoms with E-state index < -0.39 is 10.8 Å². The van der Waals surface area contributed by atoms with Crippen molar-refractivity contribution in [1.29, 1.82) is 0 Å². The van der Waals surface area contributed by atoms with Gasteiger partial charge in [-0.2, -0.15) is 0 Å². The first kappa shape index (κ1) is 12.2. The Hall–Kier alpha value is -2.82. The van der Waals surface area contributed by atoms with E-state index in [0.29, 0.717) is 16.7 Å². The quantitative estimate of drug-likeness (QED) is 0.476. The van der Waals surface area contributed by atoms with Crippen LogP contribution < -0.4 is 0 Å². The lowest BCUT2D eigenvalue weighted by molar-refractivity contribution is -0.384. The van der Waals surface area contributed by atoms with Crippen LogP contribution in [0.25, 0.3) is 0 Å². The Morgan fingerprint density at radius 1 is 0.850 bits per heavy atom. The first-order valence-corrected chi connectivity index (χ1v) is 6.01. The zero-order valence-corrected chi connectivity index (χ0v) is 10.3. The number of nitrogens with zero attached hydrogens (tertiary/aromatic N) is 1. The topological polar surface area (TPSA) is 77.3 Å². The van der Waals surface area contributed by atoms with E-state index in [2.05, 4.69) is 0 Å². The van der Waals surface area contributed by atoms with Gasteiger partial charge in [-0.05, 0) is 5.56 Å². The highest BCUT2D eigenvalue weighted by Gasteiger charge is 2.39. The third kappa shape index (κ3) is 1.72. The van der Waals surface area contributed by atoms with E-state index in [1.54, 1.807) is 24.3 Å². The summed E-state index contributed by atoms with van der Waals surface area (Å²) < 4.78 is 0. The normalized spacial score (nSPS) is 14.4. The number of fused-ring (bicyclic) bond motifs is 1. The molecule has 3 rings (SSSR count). The number of benzene rings is 2. The summed E-state index contributed by atoms with van der Waals surface area (Å²) in [6, 6.07) is 12.2. The van der Waals surface area contributed by atoms with E-state index in [9.17, 15) is 19.7 Å². The minimum atomic E-state index is -0.881. The molecule has 0 atom stereocenters. The van der Waals surface area contributed by atoms with Gasteiger partial charge in [0.2, 0.25) is 0 Å². The molecule has 0 aromatic heterocycles. The Bertz CT molecular complexity index is 699. The number of carbonyl (C=O) groups excluding carboxylic acids is 2. The van der Waals surface area contributed by atoms with Gasteiger partial charge in [0.05, 0.1) is 4.92 Å². The molecule has 2 aromatic rings. The first-order valence-electron chi connectivity index (χ1n) is 6.01. The summed E-state index contributed by atoms with van der Waals surface area (Å²) in [5.74, 6) is -1.38. The molecule has 5 heteroatoms. The number of nitro groups is 1. The molecule has 0 saturated heterocycles. The van der Waals surface area contributed by atoms with E-state index >= 15 is 0 Å². The summed E-state index contributed by atoms with van der Waals surface area (Å²) in [5, 5.41) is 10.6. The van der Waals surface area contributed by atoms with Gasteiger partial charge in [-0.15, -0.1) is 0 Å².